The summed E-state index contributed by atoms with van der Waals surface area (Å²) >= 11 is 6.81. The number of nitrogens with zero attached hydrogens (tertiary/aromatic N) is 5. The molecule has 42 heavy (non-hydrogen) atoms. The van der Waals surface area contributed by atoms with Crippen molar-refractivity contribution in [1.82, 2.24) is 25.1 Å². The summed E-state index contributed by atoms with van der Waals surface area (Å²) in [6.45, 7) is 11.7. The predicted molar refractivity (Wildman–Crippen MR) is 162 cm³/mol. The van der Waals surface area contributed by atoms with Gasteiger partial charge in [-0.05, 0) is 59.2 Å². The minimum Gasteiger partial charge on any atom is -0.444 e. The van der Waals surface area contributed by atoms with E-state index in [2.05, 4.69) is 24.9 Å². The molecule has 5 rings (SSSR count). The van der Waals surface area contributed by atoms with Crippen LogP contribution in [0.5, 0.6) is 0 Å². The molecule has 0 bridgehead atoms. The number of hydrogen-bond donors (Lipinski definition) is 2. The lowest BCUT2D eigenvalue weighted by molar-refractivity contribution is 0.0130. The van der Waals surface area contributed by atoms with Crippen LogP contribution in [0.3, 0.4) is 0 Å². The number of anilines is 2. The van der Waals surface area contributed by atoms with E-state index in [1.807, 2.05) is 37.8 Å². The molecule has 3 heterocycles. The van der Waals surface area contributed by atoms with Gasteiger partial charge in [-0.25, -0.2) is 22.6 Å². The van der Waals surface area contributed by atoms with Crippen LogP contribution in [0.15, 0.2) is 24.4 Å². The van der Waals surface area contributed by atoms with Crippen LogP contribution in [0.2, 0.25) is 5.02 Å². The van der Waals surface area contributed by atoms with Crippen LogP contribution in [0, 0.1) is 12.7 Å². The minimum absolute atomic E-state index is 0.0973. The number of benzene rings is 2. The topological polar surface area (TPSA) is 133 Å². The summed E-state index contributed by atoms with van der Waals surface area (Å²) in [5.41, 5.74) is 1.40. The molecule has 1 aliphatic rings. The number of carbonyl (C=O) groups is 1. The first-order chi connectivity index (χ1) is 19.5. The Kier molecular flexibility index (Phi) is 7.46. The number of ether oxygens (including phenoxy) is 1. The number of aromatic amines is 1. The molecule has 0 saturated carbocycles. The number of sulfonamides is 1. The number of nitrogens with one attached hydrogen (secondary N) is 2. The molecule has 4 aromatic rings. The third-order valence-corrected chi connectivity index (χ3v) is 7.96. The third kappa shape index (κ3) is 5.67. The van der Waals surface area contributed by atoms with Crippen molar-refractivity contribution in [2.75, 3.05) is 29.0 Å². The fourth-order valence-electron chi connectivity index (χ4n) is 5.29. The Morgan fingerprint density at radius 3 is 2.52 bits per heavy atom. The largest absolute Gasteiger partial charge is 0.444 e. The van der Waals surface area contributed by atoms with E-state index in [4.69, 9.17) is 16.3 Å². The van der Waals surface area contributed by atoms with Crippen molar-refractivity contribution >= 4 is 61.3 Å². The van der Waals surface area contributed by atoms with Gasteiger partial charge < -0.3 is 14.5 Å². The Bertz CT molecular complexity index is 1820. The van der Waals surface area contributed by atoms with Gasteiger partial charge in [0.1, 0.15) is 16.9 Å². The van der Waals surface area contributed by atoms with Crippen molar-refractivity contribution in [3.05, 3.63) is 40.8 Å². The lowest BCUT2D eigenvalue weighted by Gasteiger charge is -2.45. The van der Waals surface area contributed by atoms with Crippen LogP contribution in [0.1, 0.15) is 40.2 Å². The first kappa shape index (κ1) is 29.8. The zero-order valence-corrected chi connectivity index (χ0v) is 26.0. The molecule has 1 fully saturated rings. The number of amides is 1. The van der Waals surface area contributed by atoms with Gasteiger partial charge in [-0.15, -0.1) is 0 Å². The number of carbonyl (C=O) groups excluding carboxylic acids is 1. The molecule has 2 atom stereocenters. The van der Waals surface area contributed by atoms with E-state index in [0.29, 0.717) is 40.8 Å². The van der Waals surface area contributed by atoms with Gasteiger partial charge in [-0.1, -0.05) is 17.7 Å². The lowest BCUT2D eigenvalue weighted by atomic mass is 9.95. The summed E-state index contributed by atoms with van der Waals surface area (Å²) in [6, 6.07) is 4.70. The molecule has 0 spiro atoms. The van der Waals surface area contributed by atoms with E-state index < -0.39 is 27.5 Å². The first-order valence-electron chi connectivity index (χ1n) is 13.4. The van der Waals surface area contributed by atoms with Crippen molar-refractivity contribution in [1.29, 1.82) is 0 Å². The van der Waals surface area contributed by atoms with Crippen molar-refractivity contribution in [3.63, 3.8) is 0 Å². The molecule has 11 nitrogen and oxygen atoms in total. The van der Waals surface area contributed by atoms with E-state index in [-0.39, 0.29) is 34.1 Å². The normalized spacial score (nSPS) is 18.1. The summed E-state index contributed by atoms with van der Waals surface area (Å²) in [7, 11) is -3.79. The average molecular weight is 618 g/mol. The van der Waals surface area contributed by atoms with Crippen molar-refractivity contribution < 1.29 is 22.3 Å². The molecular formula is C28H33ClFN7O4S. The van der Waals surface area contributed by atoms with Crippen LogP contribution >= 0.6 is 11.6 Å². The molecule has 2 aromatic heterocycles. The van der Waals surface area contributed by atoms with Gasteiger partial charge in [0.2, 0.25) is 16.0 Å². The van der Waals surface area contributed by atoms with Crippen molar-refractivity contribution in [2.45, 2.75) is 59.2 Å². The van der Waals surface area contributed by atoms with Crippen molar-refractivity contribution in [2.24, 2.45) is 0 Å². The number of aryl methyl sites for hydroxylation is 1. The maximum absolute atomic E-state index is 16.6. The molecule has 0 aliphatic carbocycles. The molecule has 2 N–H and O–H groups in total. The standard InChI is InChI=1S/C28H33ClFN7O4S/c1-14-8-9-20-18(11-31-34-20)21(14)22-19(29)10-17-24(23(22)30)32-26(35-42(7,39)40)33-25(17)36-12-16(3)37(13-15(36)2)27(38)41-28(4,5)6/h8-11,15-16H,12-13H2,1-7H3,(H,31,34)(H,32,33,35)/t15-,16+/m0/s1. The van der Waals surface area contributed by atoms with Gasteiger partial charge >= 0.3 is 6.09 Å². The Morgan fingerprint density at radius 2 is 1.86 bits per heavy atom. The maximum atomic E-state index is 16.6. The monoisotopic (exact) mass is 617 g/mol. The average Bonchev–Trinajstić information content (AvgIpc) is 3.33. The highest BCUT2D eigenvalue weighted by Gasteiger charge is 2.36. The Labute approximate surface area is 248 Å². The van der Waals surface area contributed by atoms with E-state index >= 15 is 4.39 Å². The lowest BCUT2D eigenvalue weighted by Crippen LogP contribution is -2.59. The third-order valence-electron chi connectivity index (χ3n) is 7.11. The van der Waals surface area contributed by atoms with Gasteiger partial charge in [0.25, 0.3) is 0 Å². The molecule has 1 amide bonds. The number of H-pyrrole nitrogens is 1. The second kappa shape index (κ2) is 10.5. The number of rotatable bonds is 4. The molecule has 2 aromatic carbocycles. The maximum Gasteiger partial charge on any atom is 0.410 e. The Balaban J connectivity index is 1.68. The molecule has 1 saturated heterocycles. The quantitative estimate of drug-likeness (QED) is 0.308. The van der Waals surface area contributed by atoms with Crippen LogP contribution in [-0.2, 0) is 14.8 Å². The smallest absolute Gasteiger partial charge is 0.410 e. The summed E-state index contributed by atoms with van der Waals surface area (Å²) in [4.78, 5) is 25.3. The molecule has 0 radical (unpaired) electrons. The fourth-order valence-corrected chi connectivity index (χ4v) is 6.00. The van der Waals surface area contributed by atoms with Crippen LogP contribution < -0.4 is 9.62 Å². The zero-order chi connectivity index (χ0) is 30.7. The first-order valence-corrected chi connectivity index (χ1v) is 15.7. The number of piperazine rings is 1. The number of halogens is 2. The number of hydrogen-bond acceptors (Lipinski definition) is 8. The van der Waals surface area contributed by atoms with Crippen molar-refractivity contribution in [3.8, 4) is 11.1 Å². The summed E-state index contributed by atoms with van der Waals surface area (Å²) in [5, 5.41) is 8.11. The highest BCUT2D eigenvalue weighted by atomic mass is 35.5. The highest BCUT2D eigenvalue weighted by molar-refractivity contribution is 7.92. The fraction of sp³-hybridized carbons (Fsp3) is 0.429. The molecule has 224 valence electrons. The number of fused-ring (bicyclic) bond motifs is 2. The zero-order valence-electron chi connectivity index (χ0n) is 24.4. The second-order valence-electron chi connectivity index (χ2n) is 11.8. The van der Waals surface area contributed by atoms with Gasteiger partial charge in [0, 0.05) is 47.1 Å². The predicted octanol–water partition coefficient (Wildman–Crippen LogP) is 5.48. The van der Waals surface area contributed by atoms with E-state index in [0.717, 1.165) is 11.8 Å². The Morgan fingerprint density at radius 1 is 1.14 bits per heavy atom. The van der Waals surface area contributed by atoms with Crippen LogP contribution in [-0.4, -0.2) is 76.6 Å². The second-order valence-corrected chi connectivity index (χ2v) is 13.9. The molecule has 0 unspecified atom stereocenters. The van der Waals surface area contributed by atoms with Gasteiger partial charge in [0.05, 0.1) is 23.0 Å². The molecule has 14 heteroatoms. The number of aromatic nitrogens is 4. The highest BCUT2D eigenvalue weighted by Crippen LogP contribution is 2.42. The van der Waals surface area contributed by atoms with Crippen LogP contribution in [0.4, 0.5) is 21.0 Å². The SMILES string of the molecule is Cc1ccc2[nH]ncc2c1-c1c(Cl)cc2c(N3C[C@@H](C)N(C(=O)OC(C)(C)C)C[C@@H]3C)nc(NS(C)(=O)=O)nc2c1F. The van der Waals surface area contributed by atoms with Gasteiger partial charge in [0.15, 0.2) is 5.82 Å². The van der Waals surface area contributed by atoms with Gasteiger partial charge in [-0.2, -0.15) is 10.1 Å². The summed E-state index contributed by atoms with van der Waals surface area (Å²) < 4.78 is 48.9. The summed E-state index contributed by atoms with van der Waals surface area (Å²) in [6.07, 6.45) is 2.14. The minimum atomic E-state index is -3.79. The molecular weight excluding hydrogens is 585 g/mol. The van der Waals surface area contributed by atoms with E-state index in [1.54, 1.807) is 37.9 Å². The summed E-state index contributed by atoms with van der Waals surface area (Å²) in [5.74, 6) is -0.706. The van der Waals surface area contributed by atoms with E-state index in [1.165, 1.54) is 0 Å². The van der Waals surface area contributed by atoms with Gasteiger partial charge in [-0.3, -0.25) is 9.82 Å². The van der Waals surface area contributed by atoms with E-state index in [9.17, 15) is 13.2 Å². The molecule has 1 aliphatic heterocycles. The Hall–Kier alpha value is -3.71. The van der Waals surface area contributed by atoms with Crippen LogP contribution in [0.25, 0.3) is 32.9 Å².